The Balaban J connectivity index is 1.74. The largest absolute Gasteiger partial charge is 0.484 e. The molecule has 150 valence electrons. The third-order valence-corrected chi connectivity index (χ3v) is 4.70. The van der Waals surface area contributed by atoms with Crippen LogP contribution in [0.1, 0.15) is 27.3 Å². The van der Waals surface area contributed by atoms with Crippen LogP contribution in [0.4, 0.5) is 5.69 Å². The van der Waals surface area contributed by atoms with Gasteiger partial charge in [-0.2, -0.15) is 0 Å². The summed E-state index contributed by atoms with van der Waals surface area (Å²) < 4.78 is 7.45. The van der Waals surface area contributed by atoms with Crippen molar-refractivity contribution in [3.05, 3.63) is 77.1 Å². The average molecular weight is 391 g/mol. The number of anilines is 1. The number of carbonyl (C=O) groups excluding carboxylic acids is 2. The van der Waals surface area contributed by atoms with Gasteiger partial charge in [-0.05, 0) is 68.8 Å². The maximum Gasteiger partial charge on any atom is 0.257 e. The second kappa shape index (κ2) is 8.65. The number of likely N-dealkylation sites (N-methyl/N-ethyl adjacent to an activating group) is 1. The van der Waals surface area contributed by atoms with Crippen molar-refractivity contribution in [3.63, 3.8) is 0 Å². The van der Waals surface area contributed by atoms with Crippen LogP contribution in [-0.4, -0.2) is 30.0 Å². The highest BCUT2D eigenvalue weighted by atomic mass is 16.5. The monoisotopic (exact) mass is 391 g/mol. The van der Waals surface area contributed by atoms with Crippen molar-refractivity contribution in [2.45, 2.75) is 20.8 Å². The Hall–Kier alpha value is -3.54. The van der Waals surface area contributed by atoms with E-state index in [9.17, 15) is 9.59 Å². The van der Waals surface area contributed by atoms with E-state index in [2.05, 4.69) is 21.3 Å². The van der Waals surface area contributed by atoms with Gasteiger partial charge in [0, 0.05) is 29.8 Å². The van der Waals surface area contributed by atoms with Crippen LogP contribution in [0.3, 0.4) is 0 Å². The maximum atomic E-state index is 12.8. The van der Waals surface area contributed by atoms with Crippen LogP contribution in [0.15, 0.2) is 54.6 Å². The summed E-state index contributed by atoms with van der Waals surface area (Å²) in [5.74, 6) is 0.187. The van der Waals surface area contributed by atoms with Crippen molar-refractivity contribution in [1.82, 2.24) is 9.88 Å². The van der Waals surface area contributed by atoms with Crippen molar-refractivity contribution >= 4 is 17.5 Å². The number of ether oxygens (including phenoxy) is 1. The summed E-state index contributed by atoms with van der Waals surface area (Å²) in [6.45, 7) is 5.94. The van der Waals surface area contributed by atoms with Crippen molar-refractivity contribution < 1.29 is 14.3 Å². The molecule has 0 atom stereocenters. The minimum atomic E-state index is -0.202. The number of benzene rings is 2. The Morgan fingerprint density at radius 1 is 1.00 bits per heavy atom. The van der Waals surface area contributed by atoms with Crippen LogP contribution >= 0.6 is 0 Å². The van der Waals surface area contributed by atoms with E-state index in [0.717, 1.165) is 17.1 Å². The zero-order chi connectivity index (χ0) is 21.0. The van der Waals surface area contributed by atoms with Gasteiger partial charge < -0.3 is 19.9 Å². The van der Waals surface area contributed by atoms with Gasteiger partial charge in [-0.3, -0.25) is 9.59 Å². The lowest BCUT2D eigenvalue weighted by molar-refractivity contribution is -0.122. The van der Waals surface area contributed by atoms with Gasteiger partial charge in [-0.15, -0.1) is 0 Å². The van der Waals surface area contributed by atoms with Gasteiger partial charge in [0.1, 0.15) is 5.75 Å². The second-order valence-electron chi connectivity index (χ2n) is 6.90. The van der Waals surface area contributed by atoms with Gasteiger partial charge in [-0.1, -0.05) is 12.1 Å². The first-order chi connectivity index (χ1) is 13.9. The Kier molecular flexibility index (Phi) is 6.02. The van der Waals surface area contributed by atoms with E-state index in [1.165, 1.54) is 5.56 Å². The van der Waals surface area contributed by atoms with Crippen molar-refractivity contribution in [1.29, 1.82) is 0 Å². The van der Waals surface area contributed by atoms with Crippen molar-refractivity contribution in [2.75, 3.05) is 19.0 Å². The molecule has 1 aromatic heterocycles. The average Bonchev–Trinajstić information content (AvgIpc) is 3.01. The summed E-state index contributed by atoms with van der Waals surface area (Å²) >= 11 is 0. The molecular formula is C23H25N3O3. The molecule has 0 saturated carbocycles. The van der Waals surface area contributed by atoms with Gasteiger partial charge in [0.05, 0.1) is 5.56 Å². The minimum Gasteiger partial charge on any atom is -0.484 e. The zero-order valence-corrected chi connectivity index (χ0v) is 17.1. The molecule has 0 unspecified atom stereocenters. The van der Waals surface area contributed by atoms with E-state index in [-0.39, 0.29) is 18.4 Å². The molecule has 2 N–H and O–H groups in total. The van der Waals surface area contributed by atoms with Gasteiger partial charge in [0.25, 0.3) is 11.8 Å². The van der Waals surface area contributed by atoms with E-state index in [4.69, 9.17) is 4.74 Å². The van der Waals surface area contributed by atoms with Crippen LogP contribution < -0.4 is 15.4 Å². The summed E-state index contributed by atoms with van der Waals surface area (Å²) in [6, 6.07) is 17.0. The first kappa shape index (κ1) is 20.2. The fourth-order valence-corrected chi connectivity index (χ4v) is 3.21. The molecule has 1 heterocycles. The minimum absolute atomic E-state index is 0.0485. The van der Waals surface area contributed by atoms with Gasteiger partial charge >= 0.3 is 0 Å². The lowest BCUT2D eigenvalue weighted by Crippen LogP contribution is -2.24. The highest BCUT2D eigenvalue weighted by Gasteiger charge is 2.17. The molecule has 0 spiro atoms. The molecule has 0 aliphatic rings. The quantitative estimate of drug-likeness (QED) is 0.672. The van der Waals surface area contributed by atoms with Crippen LogP contribution in [0.25, 0.3) is 5.69 Å². The number of carbonyl (C=O) groups is 2. The topological polar surface area (TPSA) is 72.4 Å². The smallest absolute Gasteiger partial charge is 0.257 e. The lowest BCUT2D eigenvalue weighted by Gasteiger charge is -2.11. The summed E-state index contributed by atoms with van der Waals surface area (Å²) in [5, 5.41) is 5.41. The van der Waals surface area contributed by atoms with E-state index in [0.29, 0.717) is 17.0 Å². The SMILES string of the molecule is CNC(=O)COc1ccc(NC(=O)c2cc(C)n(-c3cccc(C)c3)c2C)cc1. The fraction of sp³-hybridized carbons (Fsp3) is 0.217. The third-order valence-electron chi connectivity index (χ3n) is 4.70. The van der Waals surface area contributed by atoms with Crippen LogP contribution in [0, 0.1) is 20.8 Å². The first-order valence-corrected chi connectivity index (χ1v) is 9.40. The molecule has 6 nitrogen and oxygen atoms in total. The predicted octanol–water partition coefficient (Wildman–Crippen LogP) is 3.78. The third kappa shape index (κ3) is 4.66. The Bertz CT molecular complexity index is 1040. The Morgan fingerprint density at radius 3 is 2.38 bits per heavy atom. The standard InChI is InChI=1S/C23H25N3O3/c1-15-6-5-7-19(12-15)26-16(2)13-21(17(26)3)23(28)25-18-8-10-20(11-9-18)29-14-22(27)24-4/h5-13H,14H2,1-4H3,(H,24,27)(H,25,28). The zero-order valence-electron chi connectivity index (χ0n) is 17.1. The molecule has 3 aromatic rings. The van der Waals surface area contributed by atoms with Crippen LogP contribution in [0.2, 0.25) is 0 Å². The van der Waals surface area contributed by atoms with Crippen molar-refractivity contribution in [3.8, 4) is 11.4 Å². The number of amides is 2. The number of aryl methyl sites for hydroxylation is 2. The summed E-state index contributed by atoms with van der Waals surface area (Å²) in [6.07, 6.45) is 0. The molecule has 0 aliphatic carbocycles. The molecule has 0 aliphatic heterocycles. The molecule has 2 aromatic carbocycles. The number of aromatic nitrogens is 1. The van der Waals surface area contributed by atoms with E-state index in [1.54, 1.807) is 31.3 Å². The van der Waals surface area contributed by atoms with Gasteiger partial charge in [0.15, 0.2) is 6.61 Å². The molecule has 29 heavy (non-hydrogen) atoms. The molecule has 3 rings (SSSR count). The van der Waals surface area contributed by atoms with Gasteiger partial charge in [-0.25, -0.2) is 0 Å². The molecule has 0 fully saturated rings. The van der Waals surface area contributed by atoms with E-state index in [1.807, 2.05) is 45.0 Å². The number of hydrogen-bond acceptors (Lipinski definition) is 3. The Labute approximate surface area is 170 Å². The highest BCUT2D eigenvalue weighted by Crippen LogP contribution is 2.23. The number of rotatable bonds is 6. The number of hydrogen-bond donors (Lipinski definition) is 2. The molecule has 0 bridgehead atoms. The second-order valence-corrected chi connectivity index (χ2v) is 6.90. The Morgan fingerprint density at radius 2 is 1.72 bits per heavy atom. The molecule has 0 saturated heterocycles. The summed E-state index contributed by atoms with van der Waals surface area (Å²) in [4.78, 5) is 24.1. The van der Waals surface area contributed by atoms with Gasteiger partial charge in [0.2, 0.25) is 0 Å². The lowest BCUT2D eigenvalue weighted by atomic mass is 10.2. The molecule has 2 amide bonds. The maximum absolute atomic E-state index is 12.8. The molecule has 6 heteroatoms. The normalized spacial score (nSPS) is 10.5. The summed E-state index contributed by atoms with van der Waals surface area (Å²) in [5.41, 5.74) is 5.37. The molecular weight excluding hydrogens is 366 g/mol. The van der Waals surface area contributed by atoms with Crippen LogP contribution in [-0.2, 0) is 4.79 Å². The number of nitrogens with zero attached hydrogens (tertiary/aromatic N) is 1. The summed E-state index contributed by atoms with van der Waals surface area (Å²) in [7, 11) is 1.56. The predicted molar refractivity (Wildman–Crippen MR) is 114 cm³/mol. The fourth-order valence-electron chi connectivity index (χ4n) is 3.21. The highest BCUT2D eigenvalue weighted by molar-refractivity contribution is 6.05. The first-order valence-electron chi connectivity index (χ1n) is 9.40. The van der Waals surface area contributed by atoms with E-state index < -0.39 is 0 Å². The van der Waals surface area contributed by atoms with E-state index >= 15 is 0 Å². The molecule has 0 radical (unpaired) electrons. The van der Waals surface area contributed by atoms with Crippen molar-refractivity contribution in [2.24, 2.45) is 0 Å². The number of nitrogens with one attached hydrogen (secondary N) is 2. The van der Waals surface area contributed by atoms with Crippen LogP contribution in [0.5, 0.6) is 5.75 Å².